The Hall–Kier alpha value is -3.41. The molecule has 6 heteroatoms. The lowest BCUT2D eigenvalue weighted by molar-refractivity contribution is -0.112. The Morgan fingerprint density at radius 1 is 1.11 bits per heavy atom. The first-order chi connectivity index (χ1) is 13.0. The molecule has 0 atom stereocenters. The maximum absolute atomic E-state index is 12.5. The van der Waals surface area contributed by atoms with Crippen LogP contribution >= 0.6 is 0 Å². The van der Waals surface area contributed by atoms with Crippen molar-refractivity contribution in [2.24, 2.45) is 9.98 Å². The summed E-state index contributed by atoms with van der Waals surface area (Å²) in [4.78, 5) is 31.3. The molecule has 2 heterocycles. The second-order valence-corrected chi connectivity index (χ2v) is 6.65. The average molecular weight is 357 g/mol. The third kappa shape index (κ3) is 3.21. The highest BCUT2D eigenvalue weighted by Gasteiger charge is 2.20. The summed E-state index contributed by atoms with van der Waals surface area (Å²) in [5.74, 6) is 0.532. The van der Waals surface area contributed by atoms with Gasteiger partial charge >= 0.3 is 0 Å². The lowest BCUT2D eigenvalue weighted by Crippen LogP contribution is -2.34. The van der Waals surface area contributed by atoms with E-state index in [2.05, 4.69) is 32.9 Å². The van der Waals surface area contributed by atoms with Crippen molar-refractivity contribution in [2.45, 2.75) is 13.8 Å². The van der Waals surface area contributed by atoms with Gasteiger partial charge in [0.2, 0.25) is 0 Å². The summed E-state index contributed by atoms with van der Waals surface area (Å²) < 4.78 is 0. The molecule has 0 saturated heterocycles. The molecule has 0 aliphatic carbocycles. The minimum Gasteiger partial charge on any atom is -0.310 e. The van der Waals surface area contributed by atoms with Gasteiger partial charge in [0.15, 0.2) is 5.82 Å². The molecule has 0 fully saturated rings. The lowest BCUT2D eigenvalue weighted by atomic mass is 10.1. The summed E-state index contributed by atoms with van der Waals surface area (Å²) in [5.41, 5.74) is 5.27. The molecule has 2 aromatic carbocycles. The fourth-order valence-corrected chi connectivity index (χ4v) is 3.17. The standard InChI is InChI=1S/C21H19N5O/c1-13-4-6-17-16(8-13)10-23-20(25-17)15-5-7-19(14(2)9-15)26(3)21(27)18-11-22-12-24-18/h4-10,12H,11H2,1-3H3. The average Bonchev–Trinajstić information content (AvgIpc) is 3.21. The molecular weight excluding hydrogens is 338 g/mol. The predicted octanol–water partition coefficient (Wildman–Crippen LogP) is 3.36. The van der Waals surface area contributed by atoms with Crippen LogP contribution in [0.5, 0.6) is 0 Å². The number of aromatic nitrogens is 2. The van der Waals surface area contributed by atoms with Gasteiger partial charge in [-0.05, 0) is 49.7 Å². The fraction of sp³-hybridized carbons (Fsp3) is 0.190. The van der Waals surface area contributed by atoms with Crippen LogP contribution in [0.3, 0.4) is 0 Å². The number of hydrogen-bond donors (Lipinski definition) is 0. The molecule has 1 amide bonds. The van der Waals surface area contributed by atoms with Gasteiger partial charge in [0.1, 0.15) is 12.1 Å². The number of hydrogen-bond acceptors (Lipinski definition) is 5. The van der Waals surface area contributed by atoms with Crippen LogP contribution in [0.4, 0.5) is 5.69 Å². The highest BCUT2D eigenvalue weighted by molar-refractivity contribution is 6.46. The van der Waals surface area contributed by atoms with E-state index in [9.17, 15) is 4.79 Å². The van der Waals surface area contributed by atoms with Gasteiger partial charge in [0.25, 0.3) is 5.91 Å². The van der Waals surface area contributed by atoms with Gasteiger partial charge in [-0.2, -0.15) is 0 Å². The molecule has 0 unspecified atom stereocenters. The van der Waals surface area contributed by atoms with Crippen molar-refractivity contribution < 1.29 is 4.79 Å². The first-order valence-electron chi connectivity index (χ1n) is 8.70. The maximum atomic E-state index is 12.5. The molecule has 4 rings (SSSR count). The summed E-state index contributed by atoms with van der Waals surface area (Å²) in [6.45, 7) is 4.36. The predicted molar refractivity (Wildman–Crippen MR) is 109 cm³/mol. The molecule has 0 bridgehead atoms. The number of benzene rings is 2. The minimum atomic E-state index is -0.138. The number of rotatable bonds is 3. The molecule has 6 nitrogen and oxygen atoms in total. The van der Waals surface area contributed by atoms with E-state index >= 15 is 0 Å². The van der Waals surface area contributed by atoms with Crippen LogP contribution < -0.4 is 4.90 Å². The third-order valence-corrected chi connectivity index (χ3v) is 4.64. The SMILES string of the molecule is Cc1ccc2nc(-c3ccc(N(C)C(=O)C4=NC=NC4)c(C)c3)ncc2c1. The number of anilines is 1. The molecule has 27 heavy (non-hydrogen) atoms. The fourth-order valence-electron chi connectivity index (χ4n) is 3.17. The van der Waals surface area contributed by atoms with Crippen LogP contribution in [0, 0.1) is 13.8 Å². The van der Waals surface area contributed by atoms with Crippen molar-refractivity contribution in [1.82, 2.24) is 9.97 Å². The second kappa shape index (κ2) is 6.72. The Kier molecular flexibility index (Phi) is 4.24. The molecule has 0 N–H and O–H groups in total. The van der Waals surface area contributed by atoms with E-state index < -0.39 is 0 Å². The van der Waals surface area contributed by atoms with E-state index in [1.54, 1.807) is 11.9 Å². The van der Waals surface area contributed by atoms with Crippen LogP contribution in [-0.2, 0) is 4.79 Å². The molecule has 0 saturated carbocycles. The number of amides is 1. The number of carbonyl (C=O) groups excluding carboxylic acids is 1. The Bertz CT molecular complexity index is 1120. The minimum absolute atomic E-state index is 0.138. The molecule has 0 spiro atoms. The third-order valence-electron chi connectivity index (χ3n) is 4.64. The molecular formula is C21H19N5O. The van der Waals surface area contributed by atoms with Crippen molar-refractivity contribution in [2.75, 3.05) is 18.5 Å². The van der Waals surface area contributed by atoms with Gasteiger partial charge in [-0.15, -0.1) is 0 Å². The van der Waals surface area contributed by atoms with Crippen molar-refractivity contribution in [3.05, 3.63) is 53.7 Å². The van der Waals surface area contributed by atoms with Crippen molar-refractivity contribution >= 4 is 34.5 Å². The van der Waals surface area contributed by atoms with E-state index in [0.29, 0.717) is 18.1 Å². The summed E-state index contributed by atoms with van der Waals surface area (Å²) in [7, 11) is 1.75. The van der Waals surface area contributed by atoms with Gasteiger partial charge in [0.05, 0.1) is 12.1 Å². The largest absolute Gasteiger partial charge is 0.310 e. The van der Waals surface area contributed by atoms with E-state index in [-0.39, 0.29) is 5.91 Å². The van der Waals surface area contributed by atoms with Gasteiger partial charge in [-0.25, -0.2) is 15.0 Å². The summed E-state index contributed by atoms with van der Waals surface area (Å²) in [6, 6.07) is 12.0. The highest BCUT2D eigenvalue weighted by atomic mass is 16.2. The number of carbonyl (C=O) groups is 1. The summed E-state index contributed by atoms with van der Waals surface area (Å²) >= 11 is 0. The highest BCUT2D eigenvalue weighted by Crippen LogP contribution is 2.26. The van der Waals surface area contributed by atoms with E-state index in [4.69, 9.17) is 0 Å². The summed E-state index contributed by atoms with van der Waals surface area (Å²) in [6.07, 6.45) is 3.28. The Morgan fingerprint density at radius 2 is 1.96 bits per heavy atom. The van der Waals surface area contributed by atoms with Crippen molar-refractivity contribution in [3.63, 3.8) is 0 Å². The van der Waals surface area contributed by atoms with Crippen LogP contribution in [-0.4, -0.2) is 41.5 Å². The van der Waals surface area contributed by atoms with Gasteiger partial charge in [-0.1, -0.05) is 11.6 Å². The zero-order chi connectivity index (χ0) is 19.0. The first-order valence-corrected chi connectivity index (χ1v) is 8.70. The second-order valence-electron chi connectivity index (χ2n) is 6.65. The maximum Gasteiger partial charge on any atom is 0.274 e. The molecule has 1 aromatic heterocycles. The number of nitrogens with zero attached hydrogens (tertiary/aromatic N) is 5. The molecule has 134 valence electrons. The zero-order valence-corrected chi connectivity index (χ0v) is 15.5. The van der Waals surface area contributed by atoms with E-state index in [1.165, 1.54) is 11.9 Å². The summed E-state index contributed by atoms with van der Waals surface area (Å²) in [5, 5.41) is 1.02. The monoisotopic (exact) mass is 357 g/mol. The quantitative estimate of drug-likeness (QED) is 0.722. The van der Waals surface area contributed by atoms with Crippen molar-refractivity contribution in [1.29, 1.82) is 0 Å². The van der Waals surface area contributed by atoms with Crippen LogP contribution in [0.2, 0.25) is 0 Å². The zero-order valence-electron chi connectivity index (χ0n) is 15.5. The Morgan fingerprint density at radius 3 is 2.70 bits per heavy atom. The van der Waals surface area contributed by atoms with Crippen LogP contribution in [0.15, 0.2) is 52.6 Å². The Labute approximate surface area is 157 Å². The molecule has 1 aliphatic rings. The topological polar surface area (TPSA) is 70.8 Å². The van der Waals surface area contributed by atoms with Gasteiger partial charge < -0.3 is 4.90 Å². The molecule has 1 aliphatic heterocycles. The Balaban J connectivity index is 1.65. The van der Waals surface area contributed by atoms with Gasteiger partial charge in [-0.3, -0.25) is 9.79 Å². The van der Waals surface area contributed by atoms with E-state index in [0.717, 1.165) is 27.7 Å². The van der Waals surface area contributed by atoms with Gasteiger partial charge in [0, 0.05) is 29.9 Å². The number of fused-ring (bicyclic) bond motifs is 1. The number of aryl methyl sites for hydroxylation is 2. The number of aliphatic imine (C=N–C) groups is 2. The smallest absolute Gasteiger partial charge is 0.274 e. The van der Waals surface area contributed by atoms with Crippen LogP contribution in [0.25, 0.3) is 22.3 Å². The first kappa shape index (κ1) is 17.0. The van der Waals surface area contributed by atoms with E-state index in [1.807, 2.05) is 43.5 Å². The van der Waals surface area contributed by atoms with Crippen LogP contribution in [0.1, 0.15) is 11.1 Å². The molecule has 0 radical (unpaired) electrons. The lowest BCUT2D eigenvalue weighted by Gasteiger charge is -2.20. The molecule has 3 aromatic rings. The normalized spacial score (nSPS) is 13.1. The van der Waals surface area contributed by atoms with Crippen molar-refractivity contribution in [3.8, 4) is 11.4 Å².